The SMILES string of the molecule is CCNC1COCC1c1nc2cc(C)ccc2n1C. The van der Waals surface area contributed by atoms with Crippen molar-refractivity contribution in [2.45, 2.75) is 25.8 Å². The van der Waals surface area contributed by atoms with E-state index in [1.165, 1.54) is 11.1 Å². The number of likely N-dealkylation sites (N-methyl/N-ethyl adjacent to an activating group) is 1. The molecule has 102 valence electrons. The number of ether oxygens (including phenoxy) is 1. The second-order valence-electron chi connectivity index (χ2n) is 5.33. The first-order chi connectivity index (χ1) is 9.20. The summed E-state index contributed by atoms with van der Waals surface area (Å²) in [6.07, 6.45) is 0. The van der Waals surface area contributed by atoms with Crippen molar-refractivity contribution in [2.24, 2.45) is 7.05 Å². The van der Waals surface area contributed by atoms with E-state index >= 15 is 0 Å². The molecule has 0 spiro atoms. The van der Waals surface area contributed by atoms with Gasteiger partial charge in [-0.25, -0.2) is 4.98 Å². The van der Waals surface area contributed by atoms with E-state index in [1.54, 1.807) is 0 Å². The third kappa shape index (κ3) is 2.15. The van der Waals surface area contributed by atoms with Gasteiger partial charge in [-0.05, 0) is 31.2 Å². The maximum absolute atomic E-state index is 5.64. The van der Waals surface area contributed by atoms with E-state index in [1.807, 2.05) is 0 Å². The second kappa shape index (κ2) is 4.94. The first-order valence-electron chi connectivity index (χ1n) is 6.94. The molecule has 19 heavy (non-hydrogen) atoms. The van der Waals surface area contributed by atoms with E-state index in [2.05, 4.69) is 49.0 Å². The molecule has 2 unspecified atom stereocenters. The lowest BCUT2D eigenvalue weighted by molar-refractivity contribution is 0.187. The minimum absolute atomic E-state index is 0.345. The third-order valence-corrected chi connectivity index (χ3v) is 3.95. The van der Waals surface area contributed by atoms with Crippen LogP contribution in [0.1, 0.15) is 24.2 Å². The molecule has 0 saturated carbocycles. The van der Waals surface area contributed by atoms with Gasteiger partial charge in [0.05, 0.1) is 30.2 Å². The maximum Gasteiger partial charge on any atom is 0.116 e. The van der Waals surface area contributed by atoms with Gasteiger partial charge in [-0.2, -0.15) is 0 Å². The lowest BCUT2D eigenvalue weighted by Gasteiger charge is -2.17. The molecule has 1 aliphatic rings. The van der Waals surface area contributed by atoms with Crippen molar-refractivity contribution in [3.63, 3.8) is 0 Å². The number of hydrogen-bond donors (Lipinski definition) is 1. The molecule has 1 aromatic carbocycles. The van der Waals surface area contributed by atoms with E-state index in [0.717, 1.165) is 31.1 Å². The van der Waals surface area contributed by atoms with Gasteiger partial charge in [-0.3, -0.25) is 0 Å². The molecule has 1 fully saturated rings. The van der Waals surface area contributed by atoms with Crippen LogP contribution < -0.4 is 5.32 Å². The molecule has 1 aliphatic heterocycles. The van der Waals surface area contributed by atoms with Gasteiger partial charge in [-0.15, -0.1) is 0 Å². The molecular weight excluding hydrogens is 238 g/mol. The fourth-order valence-electron chi connectivity index (χ4n) is 2.93. The Morgan fingerprint density at radius 2 is 2.26 bits per heavy atom. The molecule has 1 aromatic heterocycles. The second-order valence-corrected chi connectivity index (χ2v) is 5.33. The van der Waals surface area contributed by atoms with Crippen molar-refractivity contribution in [2.75, 3.05) is 19.8 Å². The van der Waals surface area contributed by atoms with Crippen LogP contribution in [0.3, 0.4) is 0 Å². The van der Waals surface area contributed by atoms with Crippen molar-refractivity contribution < 1.29 is 4.74 Å². The molecule has 0 radical (unpaired) electrons. The number of aromatic nitrogens is 2. The molecule has 1 saturated heterocycles. The molecular formula is C15H21N3O. The smallest absolute Gasteiger partial charge is 0.116 e. The molecule has 0 aliphatic carbocycles. The van der Waals surface area contributed by atoms with E-state index in [0.29, 0.717) is 12.0 Å². The Kier molecular flexibility index (Phi) is 3.29. The molecule has 2 aromatic rings. The predicted octanol–water partition coefficient (Wildman–Crippen LogP) is 1.97. The van der Waals surface area contributed by atoms with Crippen molar-refractivity contribution >= 4 is 11.0 Å². The average Bonchev–Trinajstić information content (AvgIpc) is 2.95. The highest BCUT2D eigenvalue weighted by atomic mass is 16.5. The van der Waals surface area contributed by atoms with Crippen molar-refractivity contribution in [3.8, 4) is 0 Å². The summed E-state index contributed by atoms with van der Waals surface area (Å²) in [7, 11) is 2.10. The fourth-order valence-corrected chi connectivity index (χ4v) is 2.93. The first-order valence-corrected chi connectivity index (χ1v) is 6.94. The predicted molar refractivity (Wildman–Crippen MR) is 76.5 cm³/mol. The zero-order chi connectivity index (χ0) is 13.4. The normalized spacial score (nSPS) is 23.3. The van der Waals surface area contributed by atoms with Crippen molar-refractivity contribution in [1.29, 1.82) is 0 Å². The van der Waals surface area contributed by atoms with Gasteiger partial charge in [0, 0.05) is 13.1 Å². The number of imidazole rings is 1. The summed E-state index contributed by atoms with van der Waals surface area (Å²) in [5.74, 6) is 1.47. The van der Waals surface area contributed by atoms with Gasteiger partial charge in [0.2, 0.25) is 0 Å². The summed E-state index contributed by atoms with van der Waals surface area (Å²) in [5, 5.41) is 3.50. The summed E-state index contributed by atoms with van der Waals surface area (Å²) in [6.45, 7) is 6.74. The Morgan fingerprint density at radius 1 is 1.42 bits per heavy atom. The maximum atomic E-state index is 5.64. The fraction of sp³-hybridized carbons (Fsp3) is 0.533. The Balaban J connectivity index is 2.02. The lowest BCUT2D eigenvalue weighted by atomic mass is 10.0. The largest absolute Gasteiger partial charge is 0.379 e. The number of fused-ring (bicyclic) bond motifs is 1. The van der Waals surface area contributed by atoms with E-state index in [4.69, 9.17) is 9.72 Å². The van der Waals surface area contributed by atoms with Crippen molar-refractivity contribution in [3.05, 3.63) is 29.6 Å². The van der Waals surface area contributed by atoms with Crippen LogP contribution in [0.25, 0.3) is 11.0 Å². The van der Waals surface area contributed by atoms with Crippen molar-refractivity contribution in [1.82, 2.24) is 14.9 Å². The van der Waals surface area contributed by atoms with Crippen LogP contribution in [0, 0.1) is 6.92 Å². The topological polar surface area (TPSA) is 39.1 Å². The summed E-state index contributed by atoms with van der Waals surface area (Å²) in [5.41, 5.74) is 3.53. The number of nitrogens with one attached hydrogen (secondary N) is 1. The van der Waals surface area contributed by atoms with Gasteiger partial charge in [0.25, 0.3) is 0 Å². The van der Waals surface area contributed by atoms with E-state index in [-0.39, 0.29) is 0 Å². The van der Waals surface area contributed by atoms with Crippen LogP contribution in [0.5, 0.6) is 0 Å². The molecule has 4 heteroatoms. The number of hydrogen-bond acceptors (Lipinski definition) is 3. The zero-order valence-corrected chi connectivity index (χ0v) is 11.8. The number of nitrogens with zero attached hydrogens (tertiary/aromatic N) is 2. The summed E-state index contributed by atoms with van der Waals surface area (Å²) in [6, 6.07) is 6.82. The molecule has 3 rings (SSSR count). The monoisotopic (exact) mass is 259 g/mol. The highest BCUT2D eigenvalue weighted by Crippen LogP contribution is 2.28. The van der Waals surface area contributed by atoms with Gasteiger partial charge >= 0.3 is 0 Å². The minimum atomic E-state index is 0.345. The van der Waals surface area contributed by atoms with Gasteiger partial charge in [-0.1, -0.05) is 13.0 Å². The Morgan fingerprint density at radius 3 is 3.05 bits per heavy atom. The standard InChI is InChI=1S/C15H21N3O/c1-4-16-13-9-19-8-11(13)15-17-12-7-10(2)5-6-14(12)18(15)3/h5-7,11,13,16H,4,8-9H2,1-3H3. The summed E-state index contributed by atoms with van der Waals surface area (Å²) < 4.78 is 7.84. The third-order valence-electron chi connectivity index (χ3n) is 3.95. The number of benzene rings is 1. The van der Waals surface area contributed by atoms with Gasteiger partial charge in [0.1, 0.15) is 5.82 Å². The molecule has 0 bridgehead atoms. The van der Waals surface area contributed by atoms with Crippen LogP contribution in [0.15, 0.2) is 18.2 Å². The first kappa shape index (κ1) is 12.6. The van der Waals surface area contributed by atoms with Crippen LogP contribution in [-0.2, 0) is 11.8 Å². The molecule has 4 nitrogen and oxygen atoms in total. The van der Waals surface area contributed by atoms with Crippen LogP contribution in [0.4, 0.5) is 0 Å². The highest BCUT2D eigenvalue weighted by molar-refractivity contribution is 5.77. The minimum Gasteiger partial charge on any atom is -0.379 e. The Hall–Kier alpha value is -1.39. The number of rotatable bonds is 3. The quantitative estimate of drug-likeness (QED) is 0.916. The Bertz CT molecular complexity index is 590. The lowest BCUT2D eigenvalue weighted by Crippen LogP contribution is -2.35. The molecule has 2 atom stereocenters. The van der Waals surface area contributed by atoms with Gasteiger partial charge in [0.15, 0.2) is 0 Å². The summed E-state index contributed by atoms with van der Waals surface area (Å²) in [4.78, 5) is 4.83. The van der Waals surface area contributed by atoms with Gasteiger partial charge < -0.3 is 14.6 Å². The molecule has 0 amide bonds. The van der Waals surface area contributed by atoms with E-state index in [9.17, 15) is 0 Å². The van der Waals surface area contributed by atoms with E-state index < -0.39 is 0 Å². The zero-order valence-electron chi connectivity index (χ0n) is 11.8. The highest BCUT2D eigenvalue weighted by Gasteiger charge is 2.32. The molecule has 2 heterocycles. The van der Waals surface area contributed by atoms with Crippen LogP contribution in [-0.4, -0.2) is 35.4 Å². The summed E-state index contributed by atoms with van der Waals surface area (Å²) >= 11 is 0. The molecule has 1 N–H and O–H groups in total. The average molecular weight is 259 g/mol. The van der Waals surface area contributed by atoms with Crippen LogP contribution in [0.2, 0.25) is 0 Å². The van der Waals surface area contributed by atoms with Crippen LogP contribution >= 0.6 is 0 Å². The Labute approximate surface area is 113 Å². The number of aryl methyl sites for hydroxylation is 2.